The van der Waals surface area contributed by atoms with Crippen molar-refractivity contribution in [2.75, 3.05) is 0 Å². The highest BCUT2D eigenvalue weighted by molar-refractivity contribution is 9.10. The summed E-state index contributed by atoms with van der Waals surface area (Å²) in [6, 6.07) is 1.93. The Hall–Kier alpha value is -0.950. The van der Waals surface area contributed by atoms with Gasteiger partial charge in [0.15, 0.2) is 0 Å². The van der Waals surface area contributed by atoms with Gasteiger partial charge in [0.25, 0.3) is 0 Å². The number of hydrogen-bond donors (Lipinski definition) is 2. The van der Waals surface area contributed by atoms with Crippen LogP contribution in [0.15, 0.2) is 22.9 Å². The van der Waals surface area contributed by atoms with Gasteiger partial charge in [-0.3, -0.25) is 20.9 Å². The minimum atomic E-state index is -0.0702. The van der Waals surface area contributed by atoms with E-state index in [1.807, 2.05) is 10.7 Å². The summed E-state index contributed by atoms with van der Waals surface area (Å²) in [6.07, 6.45) is 5.03. The Labute approximate surface area is 138 Å². The first-order valence-corrected chi connectivity index (χ1v) is 8.08. The summed E-state index contributed by atoms with van der Waals surface area (Å²) in [4.78, 5) is 4.18. The summed E-state index contributed by atoms with van der Waals surface area (Å²) >= 11 is 9.88. The maximum atomic E-state index is 6.45. The van der Waals surface area contributed by atoms with Crippen molar-refractivity contribution < 1.29 is 0 Å². The van der Waals surface area contributed by atoms with E-state index in [-0.39, 0.29) is 6.04 Å². The van der Waals surface area contributed by atoms with Gasteiger partial charge in [-0.2, -0.15) is 5.10 Å². The maximum absolute atomic E-state index is 6.45. The van der Waals surface area contributed by atoms with Crippen molar-refractivity contribution in [1.82, 2.24) is 20.2 Å². The van der Waals surface area contributed by atoms with Crippen molar-refractivity contribution in [3.05, 3.63) is 44.9 Å². The molecule has 1 unspecified atom stereocenters. The van der Waals surface area contributed by atoms with Crippen molar-refractivity contribution in [3.63, 3.8) is 0 Å². The number of nitrogens with one attached hydrogen (secondary N) is 1. The van der Waals surface area contributed by atoms with Gasteiger partial charge in [-0.05, 0) is 40.9 Å². The van der Waals surface area contributed by atoms with E-state index in [1.165, 1.54) is 0 Å². The molecule has 0 spiro atoms. The molecule has 5 nitrogen and oxygen atoms in total. The topological polar surface area (TPSA) is 68.8 Å². The first-order valence-electron chi connectivity index (χ1n) is 6.91. The van der Waals surface area contributed by atoms with E-state index < -0.39 is 0 Å². The third-order valence-electron chi connectivity index (χ3n) is 3.42. The van der Waals surface area contributed by atoms with Crippen molar-refractivity contribution in [2.24, 2.45) is 5.84 Å². The zero-order valence-corrected chi connectivity index (χ0v) is 14.4. The molecule has 0 radical (unpaired) electrons. The van der Waals surface area contributed by atoms with E-state index in [9.17, 15) is 0 Å². The lowest BCUT2D eigenvalue weighted by Gasteiger charge is -2.17. The summed E-state index contributed by atoms with van der Waals surface area (Å²) in [5, 5.41) is 5.28. The standard InChI is InChI=1S/C14H19BrClN5/c1-3-11-14(16)13(21(4-2)20-11)6-12(19-17)9-5-10(15)8-18-7-9/h5,7-8,12,19H,3-4,6,17H2,1-2H3. The average molecular weight is 373 g/mol. The Balaban J connectivity index is 2.32. The molecule has 0 saturated carbocycles. The lowest BCUT2D eigenvalue weighted by atomic mass is 10.0. The summed E-state index contributed by atoms with van der Waals surface area (Å²) in [7, 11) is 0. The Kier molecular flexibility index (Phi) is 5.75. The molecule has 2 heterocycles. The van der Waals surface area contributed by atoms with Crippen LogP contribution in [0.5, 0.6) is 0 Å². The molecular weight excluding hydrogens is 354 g/mol. The quantitative estimate of drug-likeness (QED) is 0.604. The second kappa shape index (κ2) is 7.35. The fourth-order valence-electron chi connectivity index (χ4n) is 2.30. The second-order valence-corrected chi connectivity index (χ2v) is 6.03. The normalized spacial score (nSPS) is 12.6. The Morgan fingerprint density at radius 3 is 2.76 bits per heavy atom. The van der Waals surface area contributed by atoms with Crippen LogP contribution in [0.2, 0.25) is 5.02 Å². The van der Waals surface area contributed by atoms with Gasteiger partial charge in [0.1, 0.15) is 0 Å². The number of halogens is 2. The molecule has 0 saturated heterocycles. The number of hydrazine groups is 1. The number of hydrogen-bond acceptors (Lipinski definition) is 4. The lowest BCUT2D eigenvalue weighted by Crippen LogP contribution is -2.30. The van der Waals surface area contributed by atoms with Crippen LogP contribution >= 0.6 is 27.5 Å². The van der Waals surface area contributed by atoms with Gasteiger partial charge in [-0.15, -0.1) is 0 Å². The van der Waals surface area contributed by atoms with Gasteiger partial charge in [-0.25, -0.2) is 0 Å². The van der Waals surface area contributed by atoms with E-state index in [4.69, 9.17) is 17.4 Å². The minimum Gasteiger partial charge on any atom is -0.271 e. The summed E-state index contributed by atoms with van der Waals surface area (Å²) in [5.41, 5.74) is 5.77. The molecule has 2 aromatic rings. The third kappa shape index (κ3) is 3.63. The van der Waals surface area contributed by atoms with Crippen molar-refractivity contribution >= 4 is 27.5 Å². The average Bonchev–Trinajstić information content (AvgIpc) is 2.80. The number of pyridine rings is 1. The maximum Gasteiger partial charge on any atom is 0.0850 e. The van der Waals surface area contributed by atoms with Crippen LogP contribution in [-0.2, 0) is 19.4 Å². The molecule has 0 amide bonds. The summed E-state index contributed by atoms with van der Waals surface area (Å²) < 4.78 is 2.86. The summed E-state index contributed by atoms with van der Waals surface area (Å²) in [5.74, 6) is 5.72. The zero-order chi connectivity index (χ0) is 15.4. The molecule has 0 aliphatic carbocycles. The fourth-order valence-corrected chi connectivity index (χ4v) is 3.03. The van der Waals surface area contributed by atoms with E-state index >= 15 is 0 Å². The molecule has 7 heteroatoms. The Morgan fingerprint density at radius 2 is 2.19 bits per heavy atom. The molecule has 0 aromatic carbocycles. The molecule has 0 aliphatic heterocycles. The first-order chi connectivity index (χ1) is 10.1. The number of aryl methyl sites for hydroxylation is 2. The van der Waals surface area contributed by atoms with Gasteiger partial charge in [0.05, 0.1) is 22.5 Å². The largest absolute Gasteiger partial charge is 0.271 e. The monoisotopic (exact) mass is 371 g/mol. The zero-order valence-electron chi connectivity index (χ0n) is 12.1. The van der Waals surface area contributed by atoms with Crippen molar-refractivity contribution in [3.8, 4) is 0 Å². The minimum absolute atomic E-state index is 0.0702. The lowest BCUT2D eigenvalue weighted by molar-refractivity contribution is 0.515. The molecule has 1 atom stereocenters. The molecule has 3 N–H and O–H groups in total. The third-order valence-corrected chi connectivity index (χ3v) is 4.29. The Bertz CT molecular complexity index is 613. The van der Waals surface area contributed by atoms with Crippen LogP contribution in [0.1, 0.15) is 36.8 Å². The smallest absolute Gasteiger partial charge is 0.0850 e. The molecule has 2 rings (SSSR count). The van der Waals surface area contributed by atoms with Gasteiger partial charge >= 0.3 is 0 Å². The highest BCUT2D eigenvalue weighted by atomic mass is 79.9. The van der Waals surface area contributed by atoms with Crippen LogP contribution in [0.3, 0.4) is 0 Å². The molecule has 21 heavy (non-hydrogen) atoms. The van der Waals surface area contributed by atoms with Gasteiger partial charge in [-0.1, -0.05) is 18.5 Å². The first kappa shape index (κ1) is 16.4. The molecule has 114 valence electrons. The molecule has 0 aliphatic rings. The van der Waals surface area contributed by atoms with Gasteiger partial charge < -0.3 is 0 Å². The Morgan fingerprint density at radius 1 is 1.43 bits per heavy atom. The number of nitrogens with two attached hydrogens (primary N) is 1. The SMILES string of the molecule is CCc1nn(CC)c(CC(NN)c2cncc(Br)c2)c1Cl. The predicted octanol–water partition coefficient (Wildman–Crippen LogP) is 3.02. The van der Waals surface area contributed by atoms with Gasteiger partial charge in [0, 0.05) is 29.8 Å². The van der Waals surface area contributed by atoms with E-state index in [0.717, 1.165) is 39.4 Å². The summed E-state index contributed by atoms with van der Waals surface area (Å²) in [6.45, 7) is 4.88. The van der Waals surface area contributed by atoms with E-state index in [0.29, 0.717) is 6.42 Å². The van der Waals surface area contributed by atoms with Crippen LogP contribution in [0.25, 0.3) is 0 Å². The predicted molar refractivity (Wildman–Crippen MR) is 88.0 cm³/mol. The van der Waals surface area contributed by atoms with E-state index in [2.05, 4.69) is 45.3 Å². The molecular formula is C14H19BrClN5. The van der Waals surface area contributed by atoms with Crippen LogP contribution in [-0.4, -0.2) is 14.8 Å². The van der Waals surface area contributed by atoms with Crippen LogP contribution < -0.4 is 11.3 Å². The second-order valence-electron chi connectivity index (χ2n) is 4.74. The van der Waals surface area contributed by atoms with Crippen LogP contribution in [0, 0.1) is 0 Å². The van der Waals surface area contributed by atoms with Crippen LogP contribution in [0.4, 0.5) is 0 Å². The number of nitrogens with zero attached hydrogens (tertiary/aromatic N) is 3. The number of aromatic nitrogens is 3. The highest BCUT2D eigenvalue weighted by Gasteiger charge is 2.19. The molecule has 0 bridgehead atoms. The molecule has 2 aromatic heterocycles. The fraction of sp³-hybridized carbons (Fsp3) is 0.429. The van der Waals surface area contributed by atoms with Crippen molar-refractivity contribution in [1.29, 1.82) is 0 Å². The van der Waals surface area contributed by atoms with E-state index in [1.54, 1.807) is 12.4 Å². The molecule has 0 fully saturated rings. The van der Waals surface area contributed by atoms with Crippen molar-refractivity contribution in [2.45, 2.75) is 39.3 Å². The number of rotatable bonds is 6. The van der Waals surface area contributed by atoms with Gasteiger partial charge in [0.2, 0.25) is 0 Å². The highest BCUT2D eigenvalue weighted by Crippen LogP contribution is 2.27.